The number of benzene rings is 2. The van der Waals surface area contributed by atoms with E-state index in [1.165, 1.54) is 17.7 Å². The van der Waals surface area contributed by atoms with Gasteiger partial charge >= 0.3 is 6.03 Å². The van der Waals surface area contributed by atoms with Crippen molar-refractivity contribution in [2.24, 2.45) is 5.92 Å². The molecule has 2 heterocycles. The van der Waals surface area contributed by atoms with Crippen LogP contribution in [0.25, 0.3) is 6.08 Å². The Morgan fingerprint density at radius 3 is 2.76 bits per heavy atom. The van der Waals surface area contributed by atoms with Crippen LogP contribution >= 0.6 is 0 Å². The molecule has 0 spiro atoms. The number of ether oxygens (including phenoxy) is 1. The molecule has 0 bridgehead atoms. The number of carbonyl (C=O) groups is 1. The molecule has 1 unspecified atom stereocenters. The van der Waals surface area contributed by atoms with E-state index in [1.807, 2.05) is 42.2 Å². The van der Waals surface area contributed by atoms with Crippen LogP contribution in [0.15, 0.2) is 72.4 Å². The Hall–Kier alpha value is -3.67. The molecule has 1 aromatic heterocycles. The summed E-state index contributed by atoms with van der Waals surface area (Å²) in [6.45, 7) is 5.95. The van der Waals surface area contributed by atoms with Gasteiger partial charge in [0.1, 0.15) is 11.6 Å². The summed E-state index contributed by atoms with van der Waals surface area (Å²) in [5, 5.41) is 2.94. The van der Waals surface area contributed by atoms with E-state index in [1.54, 1.807) is 18.3 Å². The number of halogens is 1. The molecule has 3 aromatic rings. The van der Waals surface area contributed by atoms with E-state index in [2.05, 4.69) is 29.4 Å². The number of carbonyl (C=O) groups excluding carboxylic acids is 1. The van der Waals surface area contributed by atoms with E-state index in [0.29, 0.717) is 25.4 Å². The number of rotatable bonds is 6. The first-order chi connectivity index (χ1) is 16.5. The predicted molar refractivity (Wildman–Crippen MR) is 133 cm³/mol. The van der Waals surface area contributed by atoms with E-state index in [9.17, 15) is 9.18 Å². The minimum absolute atomic E-state index is 0.0897. The van der Waals surface area contributed by atoms with E-state index in [0.717, 1.165) is 35.4 Å². The molecule has 5 nitrogen and oxygen atoms in total. The lowest BCUT2D eigenvalue weighted by Gasteiger charge is -2.33. The first kappa shape index (κ1) is 23.5. The highest BCUT2D eigenvalue weighted by Crippen LogP contribution is 2.26. The van der Waals surface area contributed by atoms with Crippen molar-refractivity contribution in [1.29, 1.82) is 0 Å². The van der Waals surface area contributed by atoms with Crippen molar-refractivity contribution >= 4 is 17.8 Å². The van der Waals surface area contributed by atoms with Crippen LogP contribution in [0.2, 0.25) is 0 Å². The van der Waals surface area contributed by atoms with Gasteiger partial charge in [0.05, 0.1) is 18.5 Å². The number of hydrogen-bond donors (Lipinski definition) is 1. The second-order valence-corrected chi connectivity index (χ2v) is 8.73. The molecule has 0 aliphatic carbocycles. The summed E-state index contributed by atoms with van der Waals surface area (Å²) >= 11 is 0. The number of likely N-dealkylation sites (tertiary alicyclic amines) is 1. The van der Waals surface area contributed by atoms with Crippen molar-refractivity contribution in [2.75, 3.05) is 25.0 Å². The second kappa shape index (κ2) is 11.0. The van der Waals surface area contributed by atoms with E-state index >= 15 is 0 Å². The Bertz CT molecular complexity index is 1140. The number of aromatic nitrogens is 1. The molecular formula is C28H30FN3O2. The van der Waals surface area contributed by atoms with Crippen LogP contribution in [0, 0.1) is 18.7 Å². The normalized spacial score (nSPS) is 17.0. The number of hydrogen-bond acceptors (Lipinski definition) is 3. The van der Waals surface area contributed by atoms with Crippen LogP contribution in [0.1, 0.15) is 30.2 Å². The number of aryl methyl sites for hydroxylation is 1. The van der Waals surface area contributed by atoms with Crippen molar-refractivity contribution in [3.8, 4) is 5.75 Å². The molecule has 2 amide bonds. The van der Waals surface area contributed by atoms with Gasteiger partial charge in [0, 0.05) is 25.2 Å². The van der Waals surface area contributed by atoms with Crippen LogP contribution in [0.5, 0.6) is 5.75 Å². The second-order valence-electron chi connectivity index (χ2n) is 8.73. The maximum atomic E-state index is 13.0. The zero-order chi connectivity index (χ0) is 23.9. The summed E-state index contributed by atoms with van der Waals surface area (Å²) in [6, 6.07) is 18.2. The van der Waals surface area contributed by atoms with Crippen LogP contribution in [-0.2, 0) is 6.42 Å². The average molecular weight is 460 g/mol. The summed E-state index contributed by atoms with van der Waals surface area (Å²) in [5.41, 5.74) is 5.08. The zero-order valence-corrected chi connectivity index (χ0v) is 19.6. The molecule has 0 saturated carbocycles. The topological polar surface area (TPSA) is 54.5 Å². The minimum Gasteiger partial charge on any atom is -0.493 e. The highest BCUT2D eigenvalue weighted by Gasteiger charge is 2.24. The van der Waals surface area contributed by atoms with Crippen LogP contribution in [0.3, 0.4) is 0 Å². The highest BCUT2D eigenvalue weighted by molar-refractivity contribution is 5.89. The van der Waals surface area contributed by atoms with E-state index in [-0.39, 0.29) is 17.8 Å². The van der Waals surface area contributed by atoms with Gasteiger partial charge < -0.3 is 15.0 Å². The maximum absolute atomic E-state index is 13.0. The average Bonchev–Trinajstić information content (AvgIpc) is 2.83. The number of nitrogens with zero attached hydrogens (tertiary/aromatic N) is 2. The Balaban J connectivity index is 1.31. The zero-order valence-electron chi connectivity index (χ0n) is 19.6. The lowest BCUT2D eigenvalue weighted by Crippen LogP contribution is -2.42. The van der Waals surface area contributed by atoms with Crippen LogP contribution < -0.4 is 10.1 Å². The first-order valence-corrected chi connectivity index (χ1v) is 11.6. The molecular weight excluding hydrogens is 429 g/mol. The molecule has 1 N–H and O–H groups in total. The molecule has 4 rings (SSSR count). The lowest BCUT2D eigenvalue weighted by atomic mass is 9.91. The number of nitrogens with one attached hydrogen (secondary N) is 1. The molecule has 176 valence electrons. The van der Waals surface area contributed by atoms with Crippen molar-refractivity contribution in [1.82, 2.24) is 9.88 Å². The van der Waals surface area contributed by atoms with Crippen molar-refractivity contribution in [3.63, 3.8) is 0 Å². The minimum atomic E-state index is -0.227. The number of anilines is 1. The summed E-state index contributed by atoms with van der Waals surface area (Å²) in [7, 11) is 0. The Morgan fingerprint density at radius 1 is 1.21 bits per heavy atom. The van der Waals surface area contributed by atoms with Crippen molar-refractivity contribution in [3.05, 3.63) is 95.1 Å². The van der Waals surface area contributed by atoms with Gasteiger partial charge in [-0.05, 0) is 66.8 Å². The molecule has 1 aliphatic rings. The smallest absolute Gasteiger partial charge is 0.321 e. The lowest BCUT2D eigenvalue weighted by molar-refractivity contribution is 0.198. The third-order valence-corrected chi connectivity index (χ3v) is 6.03. The Kier molecular flexibility index (Phi) is 7.58. The van der Waals surface area contributed by atoms with Crippen LogP contribution in [-0.4, -0.2) is 35.6 Å². The highest BCUT2D eigenvalue weighted by atomic mass is 19.1. The first-order valence-electron chi connectivity index (χ1n) is 11.6. The fraction of sp³-hybridized carbons (Fsp3) is 0.286. The van der Waals surface area contributed by atoms with Crippen LogP contribution in [0.4, 0.5) is 14.9 Å². The molecule has 1 aliphatic heterocycles. The molecule has 6 heteroatoms. The quantitative estimate of drug-likeness (QED) is 0.484. The molecule has 2 aromatic carbocycles. The standard InChI is InChI=1S/C28H30FN3O2/c1-20-19-32(28(33)31-26-11-6-21(2)30-18-26)14-12-24(20)16-23-4-3-5-27(17-23)34-15-13-22-7-9-25(29)10-8-22/h3-11,16-18,20H,12-15,19H2,1-2H3,(H,31,33)/b24-16+. The van der Waals surface area contributed by atoms with Gasteiger partial charge in [-0.3, -0.25) is 4.98 Å². The summed E-state index contributed by atoms with van der Waals surface area (Å²) in [6.07, 6.45) is 5.44. The monoisotopic (exact) mass is 459 g/mol. The Morgan fingerprint density at radius 2 is 2.03 bits per heavy atom. The van der Waals surface area contributed by atoms with Crippen molar-refractivity contribution in [2.45, 2.75) is 26.7 Å². The van der Waals surface area contributed by atoms with Crippen molar-refractivity contribution < 1.29 is 13.9 Å². The summed E-state index contributed by atoms with van der Waals surface area (Å²) in [4.78, 5) is 18.7. The third-order valence-electron chi connectivity index (χ3n) is 6.03. The van der Waals surface area contributed by atoms with Gasteiger partial charge in [0.2, 0.25) is 0 Å². The van der Waals surface area contributed by atoms with Gasteiger partial charge in [-0.15, -0.1) is 0 Å². The van der Waals surface area contributed by atoms with Gasteiger partial charge in [-0.2, -0.15) is 0 Å². The Labute approximate surface area is 200 Å². The molecule has 1 atom stereocenters. The SMILES string of the molecule is Cc1ccc(NC(=O)N2CC/C(=C\c3cccc(OCCc4ccc(F)cc4)c3)C(C)C2)cn1. The van der Waals surface area contributed by atoms with E-state index in [4.69, 9.17) is 4.74 Å². The summed E-state index contributed by atoms with van der Waals surface area (Å²) < 4.78 is 19.0. The third kappa shape index (κ3) is 6.44. The fourth-order valence-electron chi connectivity index (χ4n) is 4.04. The van der Waals surface area contributed by atoms with E-state index < -0.39 is 0 Å². The predicted octanol–water partition coefficient (Wildman–Crippen LogP) is 6.11. The van der Waals surface area contributed by atoms with Gasteiger partial charge in [-0.25, -0.2) is 9.18 Å². The number of amides is 2. The molecule has 0 radical (unpaired) electrons. The number of pyridine rings is 1. The van der Waals surface area contributed by atoms with Gasteiger partial charge in [0.15, 0.2) is 0 Å². The summed E-state index contributed by atoms with van der Waals surface area (Å²) in [5.74, 6) is 0.848. The fourth-order valence-corrected chi connectivity index (χ4v) is 4.04. The van der Waals surface area contributed by atoms with Gasteiger partial charge in [0.25, 0.3) is 0 Å². The maximum Gasteiger partial charge on any atom is 0.321 e. The molecule has 1 saturated heterocycles. The molecule has 1 fully saturated rings. The number of urea groups is 1. The largest absolute Gasteiger partial charge is 0.493 e. The number of piperidine rings is 1. The molecule has 34 heavy (non-hydrogen) atoms. The van der Waals surface area contributed by atoms with Gasteiger partial charge in [-0.1, -0.05) is 42.8 Å².